The molecule has 6 nitrogen and oxygen atoms in total. The third-order valence-corrected chi connectivity index (χ3v) is 2.81. The summed E-state index contributed by atoms with van der Waals surface area (Å²) in [6, 6.07) is 0. The molecule has 0 radical (unpaired) electrons. The van der Waals surface area contributed by atoms with Crippen LogP contribution in [-0.4, -0.2) is 44.2 Å². The summed E-state index contributed by atoms with van der Waals surface area (Å²) in [5.41, 5.74) is 1.90. The van der Waals surface area contributed by atoms with Crippen LogP contribution in [0.15, 0.2) is 0 Å². The van der Waals surface area contributed by atoms with Gasteiger partial charge in [-0.2, -0.15) is 0 Å². The zero-order valence-corrected chi connectivity index (χ0v) is 9.78. The number of carbonyl (C=O) groups excluding carboxylic acids is 1. The molecule has 0 saturated carbocycles. The Morgan fingerprint density at radius 3 is 3.12 bits per heavy atom. The molecule has 0 aromatic rings. The highest BCUT2D eigenvalue weighted by atomic mass is 16.7. The zero-order valence-electron chi connectivity index (χ0n) is 9.78. The van der Waals surface area contributed by atoms with Crippen molar-refractivity contribution in [3.05, 3.63) is 0 Å². The molecule has 1 unspecified atom stereocenters. The lowest BCUT2D eigenvalue weighted by atomic mass is 9.99. The molecule has 16 heavy (non-hydrogen) atoms. The number of methoxy groups -OCH3 is 1. The number of piperidine rings is 1. The normalized spacial score (nSPS) is 22.0. The Bertz CT molecular complexity index is 211. The molecule has 94 valence electrons. The molecule has 1 heterocycles. The molecule has 1 fully saturated rings. The second-order valence-electron chi connectivity index (χ2n) is 4.11. The average Bonchev–Trinajstić information content (AvgIpc) is 2.28. The van der Waals surface area contributed by atoms with E-state index in [0.717, 1.165) is 32.7 Å². The van der Waals surface area contributed by atoms with Crippen LogP contribution < -0.4 is 11.4 Å². The molecule has 0 aromatic heterocycles. The van der Waals surface area contributed by atoms with Gasteiger partial charge in [0.15, 0.2) is 0 Å². The molecule has 1 aliphatic heterocycles. The first-order valence-electron chi connectivity index (χ1n) is 5.62. The number of hydrazine groups is 1. The van der Waals surface area contributed by atoms with E-state index in [1.54, 1.807) is 7.11 Å². The molecule has 1 atom stereocenters. The van der Waals surface area contributed by atoms with Crippen LogP contribution in [0.4, 0.5) is 0 Å². The third kappa shape index (κ3) is 4.89. The predicted molar refractivity (Wildman–Crippen MR) is 59.1 cm³/mol. The van der Waals surface area contributed by atoms with Crippen molar-refractivity contribution >= 4 is 5.97 Å². The molecule has 1 saturated heterocycles. The van der Waals surface area contributed by atoms with E-state index in [4.69, 9.17) is 10.6 Å². The number of nitrogens with zero attached hydrogens (tertiary/aromatic N) is 1. The molecule has 1 aliphatic rings. The van der Waals surface area contributed by atoms with Crippen molar-refractivity contribution in [3.63, 3.8) is 0 Å². The quantitative estimate of drug-likeness (QED) is 0.481. The van der Waals surface area contributed by atoms with Gasteiger partial charge in [-0.15, -0.1) is 0 Å². The summed E-state index contributed by atoms with van der Waals surface area (Å²) in [6.45, 7) is 3.56. The van der Waals surface area contributed by atoms with Crippen molar-refractivity contribution in [2.75, 3.05) is 33.4 Å². The second-order valence-corrected chi connectivity index (χ2v) is 4.11. The van der Waals surface area contributed by atoms with Gasteiger partial charge in [0.2, 0.25) is 0 Å². The Labute approximate surface area is 96.0 Å². The molecule has 0 spiro atoms. The fraction of sp³-hybridized carbons (Fsp3) is 0.900. The van der Waals surface area contributed by atoms with E-state index in [0.29, 0.717) is 12.3 Å². The van der Waals surface area contributed by atoms with Gasteiger partial charge in [-0.25, -0.2) is 5.84 Å². The Kier molecular flexibility index (Phi) is 6.32. The second kappa shape index (κ2) is 7.56. The summed E-state index contributed by atoms with van der Waals surface area (Å²) in [5, 5.41) is 0. The summed E-state index contributed by atoms with van der Waals surface area (Å²) >= 11 is 0. The average molecular weight is 231 g/mol. The highest BCUT2D eigenvalue weighted by Gasteiger charge is 2.20. The Balaban J connectivity index is 2.18. The fourth-order valence-electron chi connectivity index (χ4n) is 2.09. The first kappa shape index (κ1) is 13.4. The molecular formula is C10H21N3O3. The van der Waals surface area contributed by atoms with Gasteiger partial charge < -0.3 is 14.5 Å². The van der Waals surface area contributed by atoms with Gasteiger partial charge in [0.05, 0.1) is 13.0 Å². The fourth-order valence-corrected chi connectivity index (χ4v) is 2.09. The van der Waals surface area contributed by atoms with Crippen LogP contribution in [0.2, 0.25) is 0 Å². The number of nitrogens with two attached hydrogens (primary N) is 1. The van der Waals surface area contributed by atoms with Crippen LogP contribution in [0.25, 0.3) is 0 Å². The van der Waals surface area contributed by atoms with Gasteiger partial charge in [0.1, 0.15) is 0 Å². The van der Waals surface area contributed by atoms with Crippen molar-refractivity contribution in [2.24, 2.45) is 11.8 Å². The highest BCUT2D eigenvalue weighted by Crippen LogP contribution is 2.16. The Morgan fingerprint density at radius 2 is 2.44 bits per heavy atom. The summed E-state index contributed by atoms with van der Waals surface area (Å²) in [7, 11) is 1.73. The predicted octanol–water partition coefficient (Wildman–Crippen LogP) is -0.344. The standard InChI is InChI=1S/C10H21N3O3/c1-15-8-9-3-2-5-13(7-9)6-4-10(14)16-12-11/h9,12H,2-8,11H2,1H3. The number of rotatable bonds is 6. The van der Waals surface area contributed by atoms with Gasteiger partial charge in [-0.1, -0.05) is 5.59 Å². The lowest BCUT2D eigenvalue weighted by Crippen LogP contribution is -2.38. The van der Waals surface area contributed by atoms with E-state index in [1.807, 2.05) is 5.59 Å². The molecule has 0 amide bonds. The number of hydrogen-bond acceptors (Lipinski definition) is 6. The zero-order chi connectivity index (χ0) is 11.8. The van der Waals surface area contributed by atoms with Gasteiger partial charge in [-0.3, -0.25) is 4.79 Å². The minimum Gasteiger partial charge on any atom is -0.384 e. The van der Waals surface area contributed by atoms with Crippen molar-refractivity contribution in [2.45, 2.75) is 19.3 Å². The van der Waals surface area contributed by atoms with Crippen LogP contribution >= 0.6 is 0 Å². The largest absolute Gasteiger partial charge is 0.384 e. The monoisotopic (exact) mass is 231 g/mol. The van der Waals surface area contributed by atoms with E-state index in [2.05, 4.69) is 9.74 Å². The molecule has 1 rings (SSSR count). The van der Waals surface area contributed by atoms with E-state index in [9.17, 15) is 4.79 Å². The molecule has 3 N–H and O–H groups in total. The number of nitrogens with one attached hydrogen (secondary N) is 1. The SMILES string of the molecule is COCC1CCCN(CCC(=O)ONN)C1. The minimum atomic E-state index is -0.323. The first-order chi connectivity index (χ1) is 7.76. The summed E-state index contributed by atoms with van der Waals surface area (Å²) in [5.74, 6) is 5.14. The van der Waals surface area contributed by atoms with E-state index >= 15 is 0 Å². The minimum absolute atomic E-state index is 0.323. The molecule has 0 aromatic carbocycles. The smallest absolute Gasteiger partial charge is 0.327 e. The van der Waals surface area contributed by atoms with Crippen molar-refractivity contribution < 1.29 is 14.4 Å². The van der Waals surface area contributed by atoms with E-state index < -0.39 is 0 Å². The van der Waals surface area contributed by atoms with Crippen LogP contribution in [0, 0.1) is 5.92 Å². The Hall–Kier alpha value is -0.690. The highest BCUT2D eigenvalue weighted by molar-refractivity contribution is 5.69. The van der Waals surface area contributed by atoms with Crippen LogP contribution in [0.5, 0.6) is 0 Å². The summed E-state index contributed by atoms with van der Waals surface area (Å²) in [4.78, 5) is 17.8. The van der Waals surface area contributed by atoms with Crippen molar-refractivity contribution in [1.82, 2.24) is 10.5 Å². The van der Waals surface area contributed by atoms with Gasteiger partial charge >= 0.3 is 5.97 Å². The van der Waals surface area contributed by atoms with Gasteiger partial charge in [-0.05, 0) is 25.3 Å². The third-order valence-electron chi connectivity index (χ3n) is 2.81. The number of hydrogen-bond donors (Lipinski definition) is 2. The van der Waals surface area contributed by atoms with Crippen LogP contribution in [0.3, 0.4) is 0 Å². The molecule has 0 bridgehead atoms. The maximum Gasteiger partial charge on any atom is 0.327 e. The summed E-state index contributed by atoms with van der Waals surface area (Å²) < 4.78 is 5.15. The topological polar surface area (TPSA) is 76.8 Å². The number of likely N-dealkylation sites (tertiary alicyclic amines) is 1. The van der Waals surface area contributed by atoms with E-state index in [-0.39, 0.29) is 5.97 Å². The van der Waals surface area contributed by atoms with Gasteiger partial charge in [0, 0.05) is 20.2 Å². The molecular weight excluding hydrogens is 210 g/mol. The Morgan fingerprint density at radius 1 is 1.62 bits per heavy atom. The number of ether oxygens (including phenoxy) is 1. The molecule has 0 aliphatic carbocycles. The van der Waals surface area contributed by atoms with Crippen LogP contribution in [-0.2, 0) is 14.4 Å². The first-order valence-corrected chi connectivity index (χ1v) is 5.62. The van der Waals surface area contributed by atoms with Crippen LogP contribution in [0.1, 0.15) is 19.3 Å². The van der Waals surface area contributed by atoms with Gasteiger partial charge in [0.25, 0.3) is 0 Å². The van der Waals surface area contributed by atoms with Crippen molar-refractivity contribution in [1.29, 1.82) is 0 Å². The van der Waals surface area contributed by atoms with E-state index in [1.165, 1.54) is 6.42 Å². The maximum atomic E-state index is 11.1. The summed E-state index contributed by atoms with van der Waals surface area (Å²) in [6.07, 6.45) is 2.74. The lowest BCUT2D eigenvalue weighted by molar-refractivity contribution is -0.151. The molecule has 6 heteroatoms. The van der Waals surface area contributed by atoms with Crippen molar-refractivity contribution in [3.8, 4) is 0 Å². The maximum absolute atomic E-state index is 11.1. The lowest BCUT2D eigenvalue weighted by Gasteiger charge is -2.31. The number of carbonyl (C=O) groups is 1.